The molecule has 2 aromatic rings. The number of nitrogens with zero attached hydrogens (tertiary/aromatic N) is 3. The number of nitrogens with one attached hydrogen (secondary N) is 1. The summed E-state index contributed by atoms with van der Waals surface area (Å²) in [4.78, 5) is 14.3. The number of hydrogen-bond acceptors (Lipinski definition) is 4. The lowest BCUT2D eigenvalue weighted by Crippen LogP contribution is -2.44. The first-order valence-electron chi connectivity index (χ1n) is 9.27. The minimum absolute atomic E-state index is 0.00582. The lowest BCUT2D eigenvalue weighted by atomic mass is 10.1. The summed E-state index contributed by atoms with van der Waals surface area (Å²) in [6.45, 7) is 7.04. The molecule has 1 atom stereocenters. The van der Waals surface area contributed by atoms with Gasteiger partial charge in [0.05, 0.1) is 24.9 Å². The molecule has 1 aliphatic heterocycles. The number of amides is 1. The van der Waals surface area contributed by atoms with Gasteiger partial charge in [-0.05, 0) is 38.8 Å². The predicted molar refractivity (Wildman–Crippen MR) is 101 cm³/mol. The van der Waals surface area contributed by atoms with E-state index in [0.717, 1.165) is 42.9 Å². The van der Waals surface area contributed by atoms with E-state index in [1.165, 1.54) is 5.56 Å². The molecule has 0 aliphatic carbocycles. The maximum absolute atomic E-state index is 12.3. The Morgan fingerprint density at radius 1 is 1.31 bits per heavy atom. The van der Waals surface area contributed by atoms with Gasteiger partial charge in [-0.1, -0.05) is 30.3 Å². The van der Waals surface area contributed by atoms with Crippen LogP contribution in [0, 0.1) is 13.8 Å². The van der Waals surface area contributed by atoms with Crippen molar-refractivity contribution < 1.29 is 9.90 Å². The van der Waals surface area contributed by atoms with Crippen molar-refractivity contribution in [3.05, 3.63) is 52.8 Å². The van der Waals surface area contributed by atoms with Crippen LogP contribution >= 0.6 is 0 Å². The van der Waals surface area contributed by atoms with Crippen LogP contribution in [-0.4, -0.2) is 51.4 Å². The number of hydrogen-bond donors (Lipinski definition) is 2. The Bertz CT molecular complexity index is 742. The van der Waals surface area contributed by atoms with E-state index in [2.05, 4.69) is 22.5 Å². The van der Waals surface area contributed by atoms with E-state index in [1.54, 1.807) is 0 Å². The summed E-state index contributed by atoms with van der Waals surface area (Å²) >= 11 is 0. The van der Waals surface area contributed by atoms with E-state index in [4.69, 9.17) is 0 Å². The molecule has 0 saturated carbocycles. The molecule has 140 valence electrons. The molecule has 0 bridgehead atoms. The predicted octanol–water partition coefficient (Wildman–Crippen LogP) is 1.62. The van der Waals surface area contributed by atoms with E-state index in [1.807, 2.05) is 41.6 Å². The molecule has 6 nitrogen and oxygen atoms in total. The topological polar surface area (TPSA) is 70.4 Å². The molecular formula is C20H28N4O2. The normalized spacial score (nSPS) is 18.0. The monoisotopic (exact) mass is 356 g/mol. The molecule has 2 N–H and O–H groups in total. The maximum Gasteiger partial charge on any atom is 0.234 e. The van der Waals surface area contributed by atoms with Crippen molar-refractivity contribution in [2.45, 2.75) is 45.9 Å². The van der Waals surface area contributed by atoms with Crippen LogP contribution in [0.2, 0.25) is 0 Å². The molecule has 1 aliphatic rings. The number of carbonyl (C=O) groups is 1. The number of aliphatic hydroxyl groups is 1. The highest BCUT2D eigenvalue weighted by Gasteiger charge is 2.20. The van der Waals surface area contributed by atoms with Crippen LogP contribution < -0.4 is 5.32 Å². The van der Waals surface area contributed by atoms with Crippen molar-refractivity contribution in [2.24, 2.45) is 0 Å². The summed E-state index contributed by atoms with van der Waals surface area (Å²) in [7, 11) is 0. The number of aliphatic hydroxyl groups excluding tert-OH is 1. The van der Waals surface area contributed by atoms with Crippen molar-refractivity contribution in [1.29, 1.82) is 0 Å². The van der Waals surface area contributed by atoms with E-state index >= 15 is 0 Å². The summed E-state index contributed by atoms with van der Waals surface area (Å²) in [5.41, 5.74) is 4.32. The van der Waals surface area contributed by atoms with Gasteiger partial charge in [0, 0.05) is 24.3 Å². The van der Waals surface area contributed by atoms with E-state index in [9.17, 15) is 9.90 Å². The maximum atomic E-state index is 12.3. The standard InChI is InChI=1S/C20H28N4O2/c1-15-19(11-21-20(26)14-23-10-6-9-18(25)13-23)16(2)24(22-15)12-17-7-4-3-5-8-17/h3-5,7-8,18,25H,6,9-14H2,1-2H3,(H,21,26)/t18-/m0/s1. The second kappa shape index (κ2) is 8.47. The zero-order valence-electron chi connectivity index (χ0n) is 15.6. The van der Waals surface area contributed by atoms with Crippen molar-refractivity contribution >= 4 is 5.91 Å². The number of carbonyl (C=O) groups excluding carboxylic acids is 1. The van der Waals surface area contributed by atoms with Crippen molar-refractivity contribution in [2.75, 3.05) is 19.6 Å². The van der Waals surface area contributed by atoms with E-state index < -0.39 is 0 Å². The summed E-state index contributed by atoms with van der Waals surface area (Å²) < 4.78 is 1.99. The molecule has 1 amide bonds. The Hall–Kier alpha value is -2.18. The van der Waals surface area contributed by atoms with Gasteiger partial charge in [0.1, 0.15) is 0 Å². The number of aromatic nitrogens is 2. The lowest BCUT2D eigenvalue weighted by molar-refractivity contribution is -0.123. The zero-order valence-corrected chi connectivity index (χ0v) is 15.6. The number of likely N-dealkylation sites (tertiary alicyclic amines) is 1. The highest BCUT2D eigenvalue weighted by molar-refractivity contribution is 5.78. The molecule has 0 radical (unpaired) electrons. The van der Waals surface area contributed by atoms with E-state index in [-0.39, 0.29) is 12.0 Å². The fourth-order valence-corrected chi connectivity index (χ4v) is 3.52. The van der Waals surface area contributed by atoms with Crippen LogP contribution in [0.5, 0.6) is 0 Å². The molecular weight excluding hydrogens is 328 g/mol. The van der Waals surface area contributed by atoms with Crippen molar-refractivity contribution in [3.63, 3.8) is 0 Å². The minimum atomic E-state index is -0.308. The summed E-state index contributed by atoms with van der Waals surface area (Å²) in [6, 6.07) is 10.2. The van der Waals surface area contributed by atoms with Crippen LogP contribution in [0.4, 0.5) is 0 Å². The molecule has 1 fully saturated rings. The first-order valence-corrected chi connectivity index (χ1v) is 9.27. The minimum Gasteiger partial charge on any atom is -0.392 e. The zero-order chi connectivity index (χ0) is 18.5. The van der Waals surface area contributed by atoms with Gasteiger partial charge in [-0.3, -0.25) is 14.4 Å². The quantitative estimate of drug-likeness (QED) is 0.825. The number of rotatable bonds is 6. The Labute approximate surface area is 154 Å². The van der Waals surface area contributed by atoms with Gasteiger partial charge < -0.3 is 10.4 Å². The molecule has 26 heavy (non-hydrogen) atoms. The number of β-amino-alcohol motifs (C(OH)–C–C–N with tert-alkyl or cyclic N) is 1. The summed E-state index contributed by atoms with van der Waals surface area (Å²) in [6.07, 6.45) is 1.47. The van der Waals surface area contributed by atoms with Gasteiger partial charge >= 0.3 is 0 Å². The molecule has 3 rings (SSSR count). The molecule has 2 heterocycles. The van der Waals surface area contributed by atoms with Crippen LogP contribution in [0.3, 0.4) is 0 Å². The Balaban J connectivity index is 1.57. The first-order chi connectivity index (χ1) is 12.5. The number of aryl methyl sites for hydroxylation is 1. The van der Waals surface area contributed by atoms with Gasteiger partial charge in [0.2, 0.25) is 5.91 Å². The van der Waals surface area contributed by atoms with E-state index in [0.29, 0.717) is 19.6 Å². The fourth-order valence-electron chi connectivity index (χ4n) is 3.52. The third-order valence-corrected chi connectivity index (χ3v) is 5.02. The largest absolute Gasteiger partial charge is 0.392 e. The summed E-state index contributed by atoms with van der Waals surface area (Å²) in [5, 5.41) is 17.3. The average Bonchev–Trinajstić information content (AvgIpc) is 2.87. The first kappa shape index (κ1) is 18.6. The van der Waals surface area contributed by atoms with Crippen LogP contribution in [0.25, 0.3) is 0 Å². The molecule has 0 spiro atoms. The van der Waals surface area contributed by atoms with Gasteiger partial charge in [-0.2, -0.15) is 5.10 Å². The number of benzene rings is 1. The highest BCUT2D eigenvalue weighted by Crippen LogP contribution is 2.15. The number of piperidine rings is 1. The average molecular weight is 356 g/mol. The molecule has 0 unspecified atom stereocenters. The highest BCUT2D eigenvalue weighted by atomic mass is 16.3. The third kappa shape index (κ3) is 4.71. The SMILES string of the molecule is Cc1nn(Cc2ccccc2)c(C)c1CNC(=O)CN1CCC[C@H](O)C1. The molecule has 1 saturated heterocycles. The van der Waals surface area contributed by atoms with Crippen LogP contribution in [-0.2, 0) is 17.9 Å². The fraction of sp³-hybridized carbons (Fsp3) is 0.500. The van der Waals surface area contributed by atoms with Gasteiger partial charge in [-0.15, -0.1) is 0 Å². The molecule has 6 heteroatoms. The molecule has 1 aromatic heterocycles. The summed E-state index contributed by atoms with van der Waals surface area (Å²) in [5.74, 6) is -0.00582. The van der Waals surface area contributed by atoms with Crippen LogP contribution in [0.1, 0.15) is 35.4 Å². The molecule has 1 aromatic carbocycles. The lowest BCUT2D eigenvalue weighted by Gasteiger charge is -2.29. The Morgan fingerprint density at radius 2 is 2.08 bits per heavy atom. The van der Waals surface area contributed by atoms with Crippen molar-refractivity contribution in [3.8, 4) is 0 Å². The van der Waals surface area contributed by atoms with Gasteiger partial charge in [-0.25, -0.2) is 0 Å². The Kier molecular flexibility index (Phi) is 6.06. The third-order valence-electron chi connectivity index (χ3n) is 5.02. The van der Waals surface area contributed by atoms with Crippen molar-refractivity contribution in [1.82, 2.24) is 20.0 Å². The van der Waals surface area contributed by atoms with Crippen LogP contribution in [0.15, 0.2) is 30.3 Å². The smallest absolute Gasteiger partial charge is 0.234 e. The Morgan fingerprint density at radius 3 is 2.81 bits per heavy atom. The van der Waals surface area contributed by atoms with Gasteiger partial charge in [0.25, 0.3) is 0 Å². The second-order valence-corrected chi connectivity index (χ2v) is 7.10. The second-order valence-electron chi connectivity index (χ2n) is 7.10. The van der Waals surface area contributed by atoms with Gasteiger partial charge in [0.15, 0.2) is 0 Å².